The number of allylic oxidation sites excluding steroid dienone is 2. The topological polar surface area (TPSA) is 52.3 Å². The molecular weight excluding hydrogens is 190 g/mol. The highest BCUT2D eigenvalue weighted by atomic mass is 16.5. The molecule has 0 aromatic heterocycles. The van der Waals surface area contributed by atoms with Crippen molar-refractivity contribution in [1.29, 1.82) is 0 Å². The Hall–Kier alpha value is -1.09. The van der Waals surface area contributed by atoms with Crippen LogP contribution in [-0.4, -0.2) is 17.6 Å². The van der Waals surface area contributed by atoms with Crippen LogP contribution in [0, 0.1) is 5.92 Å². The van der Waals surface area contributed by atoms with Gasteiger partial charge in [-0.15, -0.1) is 0 Å². The van der Waals surface area contributed by atoms with E-state index in [1.807, 2.05) is 39.8 Å². The van der Waals surface area contributed by atoms with Gasteiger partial charge < -0.3 is 10.5 Å². The Balaban J connectivity index is 2.88. The summed E-state index contributed by atoms with van der Waals surface area (Å²) in [6, 6.07) is 0. The molecule has 0 heterocycles. The molecule has 0 spiro atoms. The second-order valence-electron chi connectivity index (χ2n) is 4.88. The first-order chi connectivity index (χ1) is 6.81. The van der Waals surface area contributed by atoms with E-state index in [9.17, 15) is 4.79 Å². The molecule has 1 aliphatic carbocycles. The van der Waals surface area contributed by atoms with Crippen LogP contribution in [0.25, 0.3) is 0 Å². The lowest BCUT2D eigenvalue weighted by Gasteiger charge is -2.32. The molecule has 15 heavy (non-hydrogen) atoms. The first-order valence-corrected chi connectivity index (χ1v) is 5.17. The van der Waals surface area contributed by atoms with Gasteiger partial charge in [0.1, 0.15) is 0 Å². The van der Waals surface area contributed by atoms with Gasteiger partial charge in [-0.3, -0.25) is 4.79 Å². The molecule has 0 radical (unpaired) electrons. The molecule has 2 atom stereocenters. The summed E-state index contributed by atoms with van der Waals surface area (Å²) in [6.07, 6.45) is 5.38. The van der Waals surface area contributed by atoms with E-state index in [1.54, 1.807) is 6.08 Å². The zero-order valence-corrected chi connectivity index (χ0v) is 9.78. The van der Waals surface area contributed by atoms with Crippen molar-refractivity contribution >= 4 is 5.91 Å². The van der Waals surface area contributed by atoms with Crippen LogP contribution < -0.4 is 5.73 Å². The van der Waals surface area contributed by atoms with Crippen molar-refractivity contribution in [1.82, 2.24) is 0 Å². The van der Waals surface area contributed by atoms with E-state index >= 15 is 0 Å². The van der Waals surface area contributed by atoms with Crippen LogP contribution in [0.1, 0.15) is 27.7 Å². The number of ether oxygens (including phenoxy) is 1. The summed E-state index contributed by atoms with van der Waals surface area (Å²) < 4.78 is 5.84. The molecule has 0 bridgehead atoms. The maximum Gasteiger partial charge on any atom is 0.247 e. The maximum atomic E-state index is 11.2. The van der Waals surface area contributed by atoms with Crippen molar-refractivity contribution < 1.29 is 9.53 Å². The molecule has 0 aliphatic heterocycles. The molecule has 84 valence electrons. The molecule has 2 unspecified atom stereocenters. The Labute approximate surface area is 91.0 Å². The first kappa shape index (κ1) is 12.0. The van der Waals surface area contributed by atoms with Gasteiger partial charge in [0.15, 0.2) is 0 Å². The van der Waals surface area contributed by atoms with Crippen LogP contribution in [0.5, 0.6) is 0 Å². The number of hydrogen-bond acceptors (Lipinski definition) is 2. The Kier molecular flexibility index (Phi) is 3.35. The lowest BCUT2D eigenvalue weighted by atomic mass is 9.91. The molecule has 3 nitrogen and oxygen atoms in total. The van der Waals surface area contributed by atoms with E-state index in [-0.39, 0.29) is 17.6 Å². The van der Waals surface area contributed by atoms with Crippen molar-refractivity contribution in [3.63, 3.8) is 0 Å². The monoisotopic (exact) mass is 209 g/mol. The predicted molar refractivity (Wildman–Crippen MR) is 60.2 cm³/mol. The van der Waals surface area contributed by atoms with Gasteiger partial charge in [-0.05, 0) is 20.8 Å². The summed E-state index contributed by atoms with van der Waals surface area (Å²) in [7, 11) is 0. The Bertz CT molecular complexity index is 310. The quantitative estimate of drug-likeness (QED) is 0.753. The second kappa shape index (κ2) is 4.19. The summed E-state index contributed by atoms with van der Waals surface area (Å²) in [5, 5.41) is 0. The van der Waals surface area contributed by atoms with Gasteiger partial charge in [-0.25, -0.2) is 0 Å². The van der Waals surface area contributed by atoms with Crippen LogP contribution in [0.3, 0.4) is 0 Å². The number of nitrogens with two attached hydrogens (primary N) is 1. The third-order valence-corrected chi connectivity index (χ3v) is 2.24. The molecule has 0 aromatic rings. The SMILES string of the molecule is CC1C=CC=C(C(N)=O)C1OC(C)(C)C. The van der Waals surface area contributed by atoms with Crippen LogP contribution in [0.2, 0.25) is 0 Å². The highest BCUT2D eigenvalue weighted by Crippen LogP contribution is 2.26. The molecule has 3 heteroatoms. The van der Waals surface area contributed by atoms with E-state index in [4.69, 9.17) is 10.5 Å². The van der Waals surface area contributed by atoms with Gasteiger partial charge in [0.25, 0.3) is 0 Å². The minimum Gasteiger partial charge on any atom is -0.367 e. The average molecular weight is 209 g/mol. The Morgan fingerprint density at radius 1 is 1.47 bits per heavy atom. The van der Waals surface area contributed by atoms with Gasteiger partial charge in [-0.1, -0.05) is 25.2 Å². The van der Waals surface area contributed by atoms with Gasteiger partial charge in [0.2, 0.25) is 5.91 Å². The zero-order chi connectivity index (χ0) is 11.6. The highest BCUT2D eigenvalue weighted by molar-refractivity contribution is 5.93. The third-order valence-electron chi connectivity index (χ3n) is 2.24. The van der Waals surface area contributed by atoms with Crippen molar-refractivity contribution in [2.45, 2.75) is 39.4 Å². The molecule has 0 saturated carbocycles. The van der Waals surface area contributed by atoms with Gasteiger partial charge in [0, 0.05) is 11.5 Å². The van der Waals surface area contributed by atoms with E-state index in [1.165, 1.54) is 0 Å². The van der Waals surface area contributed by atoms with Gasteiger partial charge >= 0.3 is 0 Å². The average Bonchev–Trinajstić information content (AvgIpc) is 2.05. The van der Waals surface area contributed by atoms with E-state index in [0.29, 0.717) is 5.57 Å². The fraction of sp³-hybridized carbons (Fsp3) is 0.583. The number of carbonyl (C=O) groups is 1. The fourth-order valence-corrected chi connectivity index (χ4v) is 1.59. The first-order valence-electron chi connectivity index (χ1n) is 5.17. The summed E-state index contributed by atoms with van der Waals surface area (Å²) in [5.74, 6) is -0.225. The van der Waals surface area contributed by atoms with Crippen LogP contribution in [0.4, 0.5) is 0 Å². The lowest BCUT2D eigenvalue weighted by Crippen LogP contribution is -2.37. The summed E-state index contributed by atoms with van der Waals surface area (Å²) >= 11 is 0. The van der Waals surface area contributed by atoms with Crippen molar-refractivity contribution in [3.8, 4) is 0 Å². The molecule has 0 saturated heterocycles. The smallest absolute Gasteiger partial charge is 0.247 e. The third kappa shape index (κ3) is 3.20. The summed E-state index contributed by atoms with van der Waals surface area (Å²) in [6.45, 7) is 7.92. The fourth-order valence-electron chi connectivity index (χ4n) is 1.59. The van der Waals surface area contributed by atoms with Crippen molar-refractivity contribution in [2.24, 2.45) is 11.7 Å². The number of rotatable bonds is 2. The van der Waals surface area contributed by atoms with Gasteiger partial charge in [0.05, 0.1) is 11.7 Å². The molecule has 1 rings (SSSR count). The van der Waals surface area contributed by atoms with E-state index in [2.05, 4.69) is 0 Å². The largest absolute Gasteiger partial charge is 0.367 e. The van der Waals surface area contributed by atoms with Gasteiger partial charge in [-0.2, -0.15) is 0 Å². The minimum atomic E-state index is -0.402. The van der Waals surface area contributed by atoms with E-state index < -0.39 is 5.91 Å². The summed E-state index contributed by atoms with van der Waals surface area (Å²) in [5.41, 5.74) is 5.59. The number of amides is 1. The Morgan fingerprint density at radius 3 is 2.53 bits per heavy atom. The standard InChI is InChI=1S/C12H19NO2/c1-8-6-5-7-9(11(13)14)10(8)15-12(2,3)4/h5-8,10H,1-4H3,(H2,13,14). The van der Waals surface area contributed by atoms with E-state index in [0.717, 1.165) is 0 Å². The minimum absolute atomic E-state index is 0.178. The van der Waals surface area contributed by atoms with Crippen LogP contribution in [-0.2, 0) is 9.53 Å². The van der Waals surface area contributed by atoms with Crippen molar-refractivity contribution in [3.05, 3.63) is 23.8 Å². The number of hydrogen-bond donors (Lipinski definition) is 1. The van der Waals surface area contributed by atoms with Crippen molar-refractivity contribution in [2.75, 3.05) is 0 Å². The molecule has 2 N–H and O–H groups in total. The van der Waals surface area contributed by atoms with Crippen LogP contribution in [0.15, 0.2) is 23.8 Å². The Morgan fingerprint density at radius 2 is 2.07 bits per heavy atom. The predicted octanol–water partition coefficient (Wildman–Crippen LogP) is 1.79. The molecule has 1 aliphatic rings. The molecular formula is C12H19NO2. The van der Waals surface area contributed by atoms with Crippen LogP contribution >= 0.6 is 0 Å². The maximum absolute atomic E-state index is 11.2. The zero-order valence-electron chi connectivity index (χ0n) is 9.78. The normalized spacial score (nSPS) is 26.3. The molecule has 0 fully saturated rings. The summed E-state index contributed by atoms with van der Waals surface area (Å²) in [4.78, 5) is 11.2. The number of primary amides is 1. The number of carbonyl (C=O) groups excluding carboxylic acids is 1. The molecule has 0 aromatic carbocycles. The molecule has 1 amide bonds. The highest BCUT2D eigenvalue weighted by Gasteiger charge is 2.30. The lowest BCUT2D eigenvalue weighted by molar-refractivity contribution is -0.118. The second-order valence-corrected chi connectivity index (χ2v) is 4.88.